The van der Waals surface area contributed by atoms with Gasteiger partial charge in [0.2, 0.25) is 5.91 Å². The largest absolute Gasteiger partial charge is 0.307 e. The number of nitrogens with zero attached hydrogens (tertiary/aromatic N) is 2. The highest BCUT2D eigenvalue weighted by Crippen LogP contribution is 2.18. The first-order valence-corrected chi connectivity index (χ1v) is 7.15. The van der Waals surface area contributed by atoms with E-state index >= 15 is 0 Å². The minimum atomic E-state index is -0.211. The third kappa shape index (κ3) is 3.95. The number of aromatic nitrogens is 2. The SMILES string of the molecule is Cc1cc(NC(=O)/C=C/c2ccccc2Cl)n(C(C)C)n1. The number of amides is 1. The molecule has 0 fully saturated rings. The molecule has 0 aliphatic heterocycles. The number of benzene rings is 1. The molecular formula is C16H18ClN3O. The highest BCUT2D eigenvalue weighted by Gasteiger charge is 2.10. The van der Waals surface area contributed by atoms with Crippen LogP contribution in [0.3, 0.4) is 0 Å². The Hall–Kier alpha value is -2.07. The third-order valence-electron chi connectivity index (χ3n) is 2.92. The summed E-state index contributed by atoms with van der Waals surface area (Å²) in [5, 5.41) is 7.80. The van der Waals surface area contributed by atoms with Crippen LogP contribution in [0.4, 0.5) is 5.82 Å². The summed E-state index contributed by atoms with van der Waals surface area (Å²) in [6, 6.07) is 9.40. The van der Waals surface area contributed by atoms with Crippen LogP contribution in [0, 0.1) is 6.92 Å². The molecule has 1 aromatic carbocycles. The fraction of sp³-hybridized carbons (Fsp3) is 0.250. The minimum Gasteiger partial charge on any atom is -0.307 e. The number of hydrogen-bond donors (Lipinski definition) is 1. The van der Waals surface area contributed by atoms with E-state index in [2.05, 4.69) is 10.4 Å². The molecule has 5 heteroatoms. The fourth-order valence-corrected chi connectivity index (χ4v) is 2.15. The number of aryl methyl sites for hydroxylation is 1. The monoisotopic (exact) mass is 303 g/mol. The maximum absolute atomic E-state index is 12.0. The van der Waals surface area contributed by atoms with Crippen molar-refractivity contribution in [3.8, 4) is 0 Å². The standard InChI is InChI=1S/C16H18ClN3O/c1-11(2)20-15(10-12(3)19-20)18-16(21)9-8-13-6-4-5-7-14(13)17/h4-11H,1-3H3,(H,18,21)/b9-8+. The summed E-state index contributed by atoms with van der Waals surface area (Å²) in [6.07, 6.45) is 3.16. The quantitative estimate of drug-likeness (QED) is 0.865. The first-order valence-electron chi connectivity index (χ1n) is 6.77. The van der Waals surface area contributed by atoms with E-state index in [-0.39, 0.29) is 11.9 Å². The van der Waals surface area contributed by atoms with Crippen LogP contribution in [0.5, 0.6) is 0 Å². The van der Waals surface area contributed by atoms with Crippen molar-refractivity contribution in [2.24, 2.45) is 0 Å². The van der Waals surface area contributed by atoms with Gasteiger partial charge in [0.05, 0.1) is 5.69 Å². The summed E-state index contributed by atoms with van der Waals surface area (Å²) >= 11 is 6.04. The minimum absolute atomic E-state index is 0.182. The predicted octanol–water partition coefficient (Wildman–Crippen LogP) is 4.08. The fourth-order valence-electron chi connectivity index (χ4n) is 1.95. The molecule has 0 aliphatic rings. The molecule has 4 nitrogen and oxygen atoms in total. The highest BCUT2D eigenvalue weighted by molar-refractivity contribution is 6.32. The van der Waals surface area contributed by atoms with Crippen molar-refractivity contribution in [2.75, 3.05) is 5.32 Å². The maximum Gasteiger partial charge on any atom is 0.249 e. The molecule has 0 aliphatic carbocycles. The van der Waals surface area contributed by atoms with Crippen molar-refractivity contribution < 1.29 is 4.79 Å². The Balaban J connectivity index is 2.11. The van der Waals surface area contributed by atoms with Crippen molar-refractivity contribution in [2.45, 2.75) is 26.8 Å². The lowest BCUT2D eigenvalue weighted by atomic mass is 10.2. The van der Waals surface area contributed by atoms with Crippen LogP contribution in [0.1, 0.15) is 31.1 Å². The topological polar surface area (TPSA) is 46.9 Å². The van der Waals surface area contributed by atoms with Crippen LogP contribution in [0.15, 0.2) is 36.4 Å². The van der Waals surface area contributed by atoms with Gasteiger partial charge < -0.3 is 5.32 Å². The number of nitrogens with one attached hydrogen (secondary N) is 1. The first-order chi connectivity index (χ1) is 9.97. The molecule has 1 amide bonds. The molecule has 0 bridgehead atoms. The Bertz CT molecular complexity index is 674. The Kier molecular flexibility index (Phi) is 4.81. The first kappa shape index (κ1) is 15.3. The number of halogens is 1. The smallest absolute Gasteiger partial charge is 0.249 e. The lowest BCUT2D eigenvalue weighted by Crippen LogP contribution is -2.14. The Morgan fingerprint density at radius 3 is 2.76 bits per heavy atom. The van der Waals surface area contributed by atoms with Crippen molar-refractivity contribution in [3.05, 3.63) is 52.7 Å². The molecule has 0 radical (unpaired) electrons. The van der Waals surface area contributed by atoms with E-state index in [4.69, 9.17) is 11.6 Å². The van der Waals surface area contributed by atoms with Gasteiger partial charge in [-0.15, -0.1) is 0 Å². The van der Waals surface area contributed by atoms with E-state index in [1.165, 1.54) is 6.08 Å². The summed E-state index contributed by atoms with van der Waals surface area (Å²) in [7, 11) is 0. The Morgan fingerprint density at radius 2 is 2.10 bits per heavy atom. The van der Waals surface area contributed by atoms with E-state index in [1.54, 1.807) is 16.8 Å². The van der Waals surface area contributed by atoms with Crippen LogP contribution >= 0.6 is 11.6 Å². The van der Waals surface area contributed by atoms with Crippen molar-refractivity contribution in [1.82, 2.24) is 9.78 Å². The molecule has 2 rings (SSSR count). The predicted molar refractivity (Wildman–Crippen MR) is 86.5 cm³/mol. The molecule has 21 heavy (non-hydrogen) atoms. The molecule has 1 aromatic heterocycles. The van der Waals surface area contributed by atoms with Gasteiger partial charge >= 0.3 is 0 Å². The number of hydrogen-bond acceptors (Lipinski definition) is 2. The average Bonchev–Trinajstić information content (AvgIpc) is 2.79. The maximum atomic E-state index is 12.0. The summed E-state index contributed by atoms with van der Waals surface area (Å²) < 4.78 is 1.79. The van der Waals surface area contributed by atoms with Crippen molar-refractivity contribution >= 4 is 29.4 Å². The van der Waals surface area contributed by atoms with Crippen LogP contribution < -0.4 is 5.32 Å². The summed E-state index contributed by atoms with van der Waals surface area (Å²) in [5.74, 6) is 0.480. The molecule has 1 heterocycles. The zero-order valence-electron chi connectivity index (χ0n) is 12.3. The van der Waals surface area contributed by atoms with E-state index < -0.39 is 0 Å². The number of rotatable bonds is 4. The highest BCUT2D eigenvalue weighted by atomic mass is 35.5. The van der Waals surface area contributed by atoms with Crippen molar-refractivity contribution in [1.29, 1.82) is 0 Å². The van der Waals surface area contributed by atoms with Crippen LogP contribution in [0.25, 0.3) is 6.08 Å². The summed E-state index contributed by atoms with van der Waals surface area (Å²) in [5.41, 5.74) is 1.68. The van der Waals surface area contributed by atoms with Gasteiger partial charge in [0.1, 0.15) is 5.82 Å². The molecule has 0 spiro atoms. The Labute approximate surface area is 129 Å². The van der Waals surface area contributed by atoms with Gasteiger partial charge in [0, 0.05) is 23.2 Å². The van der Waals surface area contributed by atoms with Crippen LogP contribution in [0.2, 0.25) is 5.02 Å². The second-order valence-electron chi connectivity index (χ2n) is 5.05. The molecular weight excluding hydrogens is 286 g/mol. The summed E-state index contributed by atoms with van der Waals surface area (Å²) in [4.78, 5) is 12.0. The third-order valence-corrected chi connectivity index (χ3v) is 3.26. The van der Waals surface area contributed by atoms with Gasteiger partial charge in [-0.1, -0.05) is 29.8 Å². The van der Waals surface area contributed by atoms with E-state index in [0.717, 1.165) is 11.3 Å². The van der Waals surface area contributed by atoms with Crippen LogP contribution in [-0.4, -0.2) is 15.7 Å². The summed E-state index contributed by atoms with van der Waals surface area (Å²) in [6.45, 7) is 5.93. The van der Waals surface area contributed by atoms with E-state index in [1.807, 2.05) is 45.0 Å². The zero-order chi connectivity index (χ0) is 15.4. The second-order valence-corrected chi connectivity index (χ2v) is 5.46. The lowest BCUT2D eigenvalue weighted by molar-refractivity contribution is -0.111. The van der Waals surface area contributed by atoms with Crippen LogP contribution in [-0.2, 0) is 4.79 Å². The molecule has 0 saturated carbocycles. The number of carbonyl (C=O) groups is 1. The number of anilines is 1. The van der Waals surface area contributed by atoms with Gasteiger partial charge in [0.25, 0.3) is 0 Å². The molecule has 110 valence electrons. The van der Waals surface area contributed by atoms with Crippen molar-refractivity contribution in [3.63, 3.8) is 0 Å². The van der Waals surface area contributed by atoms with E-state index in [0.29, 0.717) is 10.8 Å². The van der Waals surface area contributed by atoms with Gasteiger partial charge in [-0.2, -0.15) is 5.10 Å². The van der Waals surface area contributed by atoms with Gasteiger partial charge in [0.15, 0.2) is 0 Å². The normalized spacial score (nSPS) is 11.3. The molecule has 2 aromatic rings. The van der Waals surface area contributed by atoms with Gasteiger partial charge in [-0.3, -0.25) is 4.79 Å². The average molecular weight is 304 g/mol. The van der Waals surface area contributed by atoms with Gasteiger partial charge in [-0.25, -0.2) is 4.68 Å². The molecule has 1 N–H and O–H groups in total. The van der Waals surface area contributed by atoms with Gasteiger partial charge in [-0.05, 0) is 38.5 Å². The zero-order valence-corrected chi connectivity index (χ0v) is 13.1. The molecule has 0 unspecified atom stereocenters. The molecule has 0 saturated heterocycles. The molecule has 0 atom stereocenters. The van der Waals surface area contributed by atoms with E-state index in [9.17, 15) is 4.79 Å². The lowest BCUT2D eigenvalue weighted by Gasteiger charge is -2.10. The number of carbonyl (C=O) groups excluding carboxylic acids is 1. The Morgan fingerprint density at radius 1 is 1.38 bits per heavy atom. The second kappa shape index (κ2) is 6.59.